The zero-order chi connectivity index (χ0) is 41.8. The largest absolute Gasteiger partial charge is 0.456 e. The van der Waals surface area contributed by atoms with Crippen molar-refractivity contribution in [3.63, 3.8) is 0 Å². The van der Waals surface area contributed by atoms with Crippen molar-refractivity contribution in [2.24, 2.45) is 0 Å². The molecule has 9 rings (SSSR count). The van der Waals surface area contributed by atoms with E-state index in [2.05, 4.69) is 173 Å². The smallest absolute Gasteiger partial charge is 0.135 e. The molecule has 0 aliphatic carbocycles. The van der Waals surface area contributed by atoms with E-state index < -0.39 is 0 Å². The average Bonchev–Trinajstić information content (AvgIpc) is 3.88. The monoisotopic (exact) mass is 824 g/mol. The van der Waals surface area contributed by atoms with Crippen molar-refractivity contribution < 1.29 is 8.83 Å². The van der Waals surface area contributed by atoms with Gasteiger partial charge in [-0.25, -0.2) is 0 Å². The zero-order valence-corrected chi connectivity index (χ0v) is 36.1. The standard InChI is InChI=1S/C54H46Cl2N2O2/c1-53(2,3)39-19-27-44(28-20-39)58(45-29-21-40(22-30-45)54(4,5)6)47-34-41(55)33-46(52(47)56)57(42-23-15-35(16-24-42)50-31-37-11-7-9-13-48(37)59-50)43-25-17-36(18-26-43)51-32-38-12-8-10-14-49(38)60-51/h7-34H,1-6H3. The number of halogens is 2. The third kappa shape index (κ3) is 7.70. The minimum Gasteiger partial charge on any atom is -0.456 e. The van der Waals surface area contributed by atoms with Crippen LogP contribution in [-0.4, -0.2) is 0 Å². The van der Waals surface area contributed by atoms with Crippen LogP contribution in [0, 0.1) is 0 Å². The Hall–Kier alpha value is -6.20. The molecule has 0 unspecified atom stereocenters. The Bertz CT molecular complexity index is 2710. The highest BCUT2D eigenvalue weighted by Crippen LogP contribution is 2.49. The van der Waals surface area contributed by atoms with Crippen LogP contribution in [-0.2, 0) is 10.8 Å². The highest BCUT2D eigenvalue weighted by atomic mass is 35.5. The second kappa shape index (κ2) is 15.4. The summed E-state index contributed by atoms with van der Waals surface area (Å²) in [5.41, 5.74) is 11.4. The summed E-state index contributed by atoms with van der Waals surface area (Å²) in [6, 6.07) is 58.4. The van der Waals surface area contributed by atoms with Crippen molar-refractivity contribution >= 4 is 79.3 Å². The van der Waals surface area contributed by atoms with Gasteiger partial charge in [0, 0.05) is 49.7 Å². The number of hydrogen-bond donors (Lipinski definition) is 0. The van der Waals surface area contributed by atoms with Gasteiger partial charge in [0.15, 0.2) is 0 Å². The number of fused-ring (bicyclic) bond motifs is 2. The zero-order valence-electron chi connectivity index (χ0n) is 34.6. The van der Waals surface area contributed by atoms with Crippen LogP contribution in [0.4, 0.5) is 34.1 Å². The predicted molar refractivity (Wildman–Crippen MR) is 254 cm³/mol. The van der Waals surface area contributed by atoms with Gasteiger partial charge in [-0.15, -0.1) is 0 Å². The van der Waals surface area contributed by atoms with E-state index in [1.54, 1.807) is 0 Å². The lowest BCUT2D eigenvalue weighted by atomic mass is 9.86. The van der Waals surface area contributed by atoms with Crippen LogP contribution in [0.2, 0.25) is 10.0 Å². The second-order valence-electron chi connectivity index (χ2n) is 17.4. The molecule has 298 valence electrons. The Morgan fingerprint density at radius 2 is 0.733 bits per heavy atom. The summed E-state index contributed by atoms with van der Waals surface area (Å²) in [5.74, 6) is 1.61. The molecule has 0 saturated heterocycles. The first kappa shape index (κ1) is 39.3. The molecule has 0 fully saturated rings. The number of rotatable bonds is 8. The Labute approximate surface area is 362 Å². The molecule has 0 N–H and O–H groups in total. The first-order chi connectivity index (χ1) is 28.8. The van der Waals surface area contributed by atoms with Gasteiger partial charge in [-0.1, -0.05) is 125 Å². The van der Waals surface area contributed by atoms with Crippen molar-refractivity contribution in [2.75, 3.05) is 9.80 Å². The molecule has 0 atom stereocenters. The summed E-state index contributed by atoms with van der Waals surface area (Å²) in [6.07, 6.45) is 0. The van der Waals surface area contributed by atoms with Gasteiger partial charge >= 0.3 is 0 Å². The number of benzene rings is 7. The van der Waals surface area contributed by atoms with Crippen LogP contribution < -0.4 is 9.80 Å². The Kier molecular flexibility index (Phi) is 10.1. The molecule has 6 heteroatoms. The van der Waals surface area contributed by atoms with E-state index in [1.807, 2.05) is 48.5 Å². The maximum absolute atomic E-state index is 7.75. The molecule has 2 aromatic heterocycles. The fourth-order valence-electron chi connectivity index (χ4n) is 7.76. The quantitative estimate of drug-likeness (QED) is 0.153. The van der Waals surface area contributed by atoms with Crippen LogP contribution in [0.3, 0.4) is 0 Å². The fourth-order valence-corrected chi connectivity index (χ4v) is 8.24. The molecule has 0 amide bonds. The minimum absolute atomic E-state index is 0.000990. The second-order valence-corrected chi connectivity index (χ2v) is 18.2. The van der Waals surface area contributed by atoms with Crippen molar-refractivity contribution in [3.05, 3.63) is 191 Å². The summed E-state index contributed by atoms with van der Waals surface area (Å²) in [6.45, 7) is 13.4. The van der Waals surface area contributed by atoms with Gasteiger partial charge in [0.2, 0.25) is 0 Å². The van der Waals surface area contributed by atoms with Crippen LogP contribution in [0.15, 0.2) is 179 Å². The van der Waals surface area contributed by atoms with E-state index in [4.69, 9.17) is 32.0 Å². The molecule has 0 saturated carbocycles. The number of furan rings is 2. The van der Waals surface area contributed by atoms with Crippen molar-refractivity contribution in [1.82, 2.24) is 0 Å². The normalized spacial score (nSPS) is 12.0. The Morgan fingerprint density at radius 3 is 1.07 bits per heavy atom. The maximum Gasteiger partial charge on any atom is 0.135 e. The van der Waals surface area contributed by atoms with E-state index in [-0.39, 0.29) is 10.8 Å². The highest BCUT2D eigenvalue weighted by molar-refractivity contribution is 6.38. The summed E-state index contributed by atoms with van der Waals surface area (Å²) < 4.78 is 12.5. The lowest BCUT2D eigenvalue weighted by Gasteiger charge is -2.32. The summed E-state index contributed by atoms with van der Waals surface area (Å²) in [7, 11) is 0. The minimum atomic E-state index is -0.000990. The van der Waals surface area contributed by atoms with Gasteiger partial charge < -0.3 is 18.6 Å². The van der Waals surface area contributed by atoms with Crippen LogP contribution in [0.1, 0.15) is 52.7 Å². The third-order valence-corrected chi connectivity index (χ3v) is 11.7. The van der Waals surface area contributed by atoms with Crippen LogP contribution in [0.5, 0.6) is 0 Å². The topological polar surface area (TPSA) is 32.8 Å². The van der Waals surface area contributed by atoms with Gasteiger partial charge in [0.25, 0.3) is 0 Å². The molecule has 7 aromatic carbocycles. The van der Waals surface area contributed by atoms with Gasteiger partial charge in [-0.3, -0.25) is 0 Å². The Morgan fingerprint density at radius 1 is 0.400 bits per heavy atom. The molecule has 60 heavy (non-hydrogen) atoms. The van der Waals surface area contributed by atoms with Crippen molar-refractivity contribution in [3.8, 4) is 22.6 Å². The predicted octanol–water partition coefficient (Wildman–Crippen LogP) is 17.4. The lowest BCUT2D eigenvalue weighted by Crippen LogP contribution is -2.16. The molecular formula is C54H46Cl2N2O2. The summed E-state index contributed by atoms with van der Waals surface area (Å²) >= 11 is 14.9. The van der Waals surface area contributed by atoms with Crippen molar-refractivity contribution in [1.29, 1.82) is 0 Å². The van der Waals surface area contributed by atoms with Gasteiger partial charge in [0.05, 0.1) is 16.4 Å². The molecule has 0 bridgehead atoms. The number of nitrogens with zero attached hydrogens (tertiary/aromatic N) is 2. The van der Waals surface area contributed by atoms with Crippen LogP contribution >= 0.6 is 23.2 Å². The van der Waals surface area contributed by atoms with E-state index in [0.717, 1.165) is 78.7 Å². The SMILES string of the molecule is CC(C)(C)c1ccc(N(c2ccc(C(C)(C)C)cc2)c2cc(Cl)cc(N(c3ccc(-c4cc5ccccc5o4)cc3)c3ccc(-c4cc5ccccc5o4)cc3)c2Cl)cc1. The Balaban J connectivity index is 1.19. The number of para-hydroxylation sites is 2. The molecule has 0 radical (unpaired) electrons. The van der Waals surface area contributed by atoms with Gasteiger partial charge in [-0.2, -0.15) is 0 Å². The van der Waals surface area contributed by atoms with Crippen molar-refractivity contribution in [2.45, 2.75) is 52.4 Å². The summed E-state index contributed by atoms with van der Waals surface area (Å²) in [5, 5.41) is 3.22. The number of hydrogen-bond acceptors (Lipinski definition) is 4. The highest BCUT2D eigenvalue weighted by Gasteiger charge is 2.25. The molecule has 0 spiro atoms. The molecule has 0 aliphatic heterocycles. The van der Waals surface area contributed by atoms with Crippen LogP contribution in [0.25, 0.3) is 44.6 Å². The molecule has 9 aromatic rings. The van der Waals surface area contributed by atoms with E-state index in [9.17, 15) is 0 Å². The summed E-state index contributed by atoms with van der Waals surface area (Å²) in [4.78, 5) is 4.36. The fraction of sp³-hybridized carbons (Fsp3) is 0.148. The van der Waals surface area contributed by atoms with E-state index in [0.29, 0.717) is 10.0 Å². The molecule has 4 nitrogen and oxygen atoms in total. The third-order valence-electron chi connectivity index (χ3n) is 11.1. The first-order valence-corrected chi connectivity index (χ1v) is 21.0. The number of anilines is 6. The molecule has 0 aliphatic rings. The maximum atomic E-state index is 7.75. The van der Waals surface area contributed by atoms with E-state index in [1.165, 1.54) is 11.1 Å². The van der Waals surface area contributed by atoms with E-state index >= 15 is 0 Å². The lowest BCUT2D eigenvalue weighted by molar-refractivity contribution is 0.590. The first-order valence-electron chi connectivity index (χ1n) is 20.3. The molecule has 2 heterocycles. The average molecular weight is 826 g/mol. The van der Waals surface area contributed by atoms with Gasteiger partial charge in [-0.05, 0) is 131 Å². The molecular weight excluding hydrogens is 780 g/mol. The van der Waals surface area contributed by atoms with Gasteiger partial charge in [0.1, 0.15) is 22.7 Å².